The van der Waals surface area contributed by atoms with Gasteiger partial charge in [0.1, 0.15) is 23.9 Å². The van der Waals surface area contributed by atoms with E-state index < -0.39 is 19.5 Å². The Morgan fingerprint density at radius 3 is 1.95 bits per heavy atom. The van der Waals surface area contributed by atoms with E-state index >= 15 is 0 Å². The molecule has 0 aliphatic carbocycles. The molecule has 0 fully saturated rings. The van der Waals surface area contributed by atoms with Crippen molar-refractivity contribution in [3.05, 3.63) is 144 Å². The number of hydrogen-bond donors (Lipinski definition) is 3. The van der Waals surface area contributed by atoms with E-state index in [2.05, 4.69) is 5.32 Å². The van der Waals surface area contributed by atoms with Crippen molar-refractivity contribution in [3.8, 4) is 11.5 Å². The van der Waals surface area contributed by atoms with Gasteiger partial charge in [-0.25, -0.2) is 9.36 Å². The number of nitrogens with two attached hydrogens (primary N) is 1. The van der Waals surface area contributed by atoms with Crippen LogP contribution in [0, 0.1) is 5.41 Å². The first-order valence-corrected chi connectivity index (χ1v) is 14.5. The maximum absolute atomic E-state index is 14.9. The summed E-state index contributed by atoms with van der Waals surface area (Å²) in [5.74, 6) is -0.759. The number of amidine groups is 1. The zero-order chi connectivity index (χ0) is 28.7. The van der Waals surface area contributed by atoms with E-state index in [-0.39, 0.29) is 12.4 Å². The number of para-hydroxylation sites is 2. The van der Waals surface area contributed by atoms with Gasteiger partial charge in [0.15, 0.2) is 5.78 Å². The Bertz CT molecular complexity index is 1650. The zero-order valence-corrected chi connectivity index (χ0v) is 22.9. The molecule has 206 valence electrons. The molecule has 0 saturated heterocycles. The highest BCUT2D eigenvalue weighted by Crippen LogP contribution is 2.59. The molecule has 5 aromatic carbocycles. The van der Waals surface area contributed by atoms with Gasteiger partial charge in [-0.15, -0.1) is 0 Å². The lowest BCUT2D eigenvalue weighted by Gasteiger charge is -2.29. The van der Waals surface area contributed by atoms with Gasteiger partial charge in [0.25, 0.3) is 0 Å². The SMILES string of the molecule is N=C(N)c1ccc2c(C(NC(=O)OCc3ccccc3)P(=O)(Oc3ccccc3)Oc3ccccc3)cccc2c1. The number of nitrogens with one attached hydrogen (secondary N) is 2. The minimum absolute atomic E-state index is 0.0142. The normalized spacial score (nSPS) is 11.8. The Kier molecular flexibility index (Phi) is 8.32. The van der Waals surface area contributed by atoms with Crippen LogP contribution < -0.4 is 20.1 Å². The molecule has 0 bridgehead atoms. The number of nitrogen functional groups attached to an aromatic ring is 1. The molecule has 0 aliphatic rings. The zero-order valence-electron chi connectivity index (χ0n) is 22.0. The van der Waals surface area contributed by atoms with Gasteiger partial charge < -0.3 is 24.8 Å². The van der Waals surface area contributed by atoms with Crippen LogP contribution in [0.15, 0.2) is 127 Å². The van der Waals surface area contributed by atoms with E-state index in [1.165, 1.54) is 0 Å². The summed E-state index contributed by atoms with van der Waals surface area (Å²) in [6.07, 6.45) is -0.801. The molecule has 0 heterocycles. The number of amides is 1. The standard InChI is InChI=1S/C32H28N3O5P/c33-30(34)25-19-20-28-24(21-25)13-10-18-29(28)31(35-32(36)38-22-23-11-4-1-5-12-23)41(37,39-26-14-6-2-7-15-26)40-27-16-8-3-9-17-27/h1-21,31H,22H2,(H3,33,34)(H,35,36). The van der Waals surface area contributed by atoms with Gasteiger partial charge in [0.05, 0.1) is 0 Å². The summed E-state index contributed by atoms with van der Waals surface area (Å²) in [7, 11) is -4.26. The van der Waals surface area contributed by atoms with E-state index in [1.54, 1.807) is 78.9 Å². The quantitative estimate of drug-likeness (QED) is 0.0921. The Morgan fingerprint density at radius 2 is 1.37 bits per heavy atom. The largest absolute Gasteiger partial charge is 0.457 e. The lowest BCUT2D eigenvalue weighted by atomic mass is 10.0. The van der Waals surface area contributed by atoms with Crippen LogP contribution in [0.1, 0.15) is 22.5 Å². The molecule has 0 radical (unpaired) electrons. The van der Waals surface area contributed by atoms with Gasteiger partial charge in [-0.3, -0.25) is 5.41 Å². The maximum atomic E-state index is 14.9. The first-order valence-electron chi connectivity index (χ1n) is 12.8. The highest BCUT2D eigenvalue weighted by molar-refractivity contribution is 7.55. The van der Waals surface area contributed by atoms with Crippen molar-refractivity contribution in [1.82, 2.24) is 5.32 Å². The van der Waals surface area contributed by atoms with Crippen molar-refractivity contribution in [1.29, 1.82) is 5.41 Å². The Balaban J connectivity index is 1.59. The lowest BCUT2D eigenvalue weighted by molar-refractivity contribution is 0.137. The first kappa shape index (κ1) is 27.5. The van der Waals surface area contributed by atoms with E-state index in [9.17, 15) is 9.36 Å². The Hall–Kier alpha value is -5.07. The van der Waals surface area contributed by atoms with Gasteiger partial charge in [-0.1, -0.05) is 97.1 Å². The number of carbonyl (C=O) groups excluding carboxylic acids is 1. The fraction of sp³-hybridized carbons (Fsp3) is 0.0625. The number of benzene rings is 5. The van der Waals surface area contributed by atoms with Crippen LogP contribution in [0.4, 0.5) is 4.79 Å². The molecule has 0 spiro atoms. The molecule has 0 saturated carbocycles. The number of carbonyl (C=O) groups is 1. The molecule has 0 aliphatic heterocycles. The van der Waals surface area contributed by atoms with Crippen LogP contribution in [-0.4, -0.2) is 11.9 Å². The minimum atomic E-state index is -4.26. The third-order valence-electron chi connectivity index (χ3n) is 6.25. The summed E-state index contributed by atoms with van der Waals surface area (Å²) in [4.78, 5) is 13.2. The van der Waals surface area contributed by atoms with Gasteiger partial charge in [-0.05, 0) is 52.2 Å². The Morgan fingerprint density at radius 1 is 0.780 bits per heavy atom. The summed E-state index contributed by atoms with van der Waals surface area (Å²) >= 11 is 0. The molecule has 9 heteroatoms. The smallest absolute Gasteiger partial charge is 0.445 e. The second-order valence-corrected chi connectivity index (χ2v) is 11.1. The summed E-state index contributed by atoms with van der Waals surface area (Å²) in [6, 6.07) is 37.1. The van der Waals surface area contributed by atoms with Crippen molar-refractivity contribution in [2.24, 2.45) is 5.73 Å². The van der Waals surface area contributed by atoms with E-state index in [1.807, 2.05) is 48.5 Å². The molecule has 5 aromatic rings. The molecule has 0 aromatic heterocycles. The van der Waals surface area contributed by atoms with Gasteiger partial charge in [-0.2, -0.15) is 0 Å². The first-order chi connectivity index (χ1) is 19.9. The van der Waals surface area contributed by atoms with Crippen LogP contribution in [0.25, 0.3) is 10.8 Å². The number of ether oxygens (including phenoxy) is 1. The molecule has 4 N–H and O–H groups in total. The summed E-state index contributed by atoms with van der Waals surface area (Å²) in [5.41, 5.74) is 7.52. The summed E-state index contributed by atoms with van der Waals surface area (Å²) < 4.78 is 32.6. The van der Waals surface area contributed by atoms with Crippen molar-refractivity contribution in [3.63, 3.8) is 0 Å². The fourth-order valence-corrected chi connectivity index (χ4v) is 6.21. The summed E-state index contributed by atoms with van der Waals surface area (Å²) in [5, 5.41) is 12.0. The third kappa shape index (κ3) is 6.75. The van der Waals surface area contributed by atoms with E-state index in [0.29, 0.717) is 28.0 Å². The molecule has 5 rings (SSSR count). The molecule has 1 unspecified atom stereocenters. The van der Waals surface area contributed by atoms with Gasteiger partial charge in [0, 0.05) is 5.56 Å². The van der Waals surface area contributed by atoms with Crippen molar-refractivity contribution >= 4 is 30.3 Å². The van der Waals surface area contributed by atoms with Gasteiger partial charge in [0.2, 0.25) is 0 Å². The summed E-state index contributed by atoms with van der Waals surface area (Å²) in [6.45, 7) is 0.0142. The maximum Gasteiger partial charge on any atom is 0.457 e. The molecular weight excluding hydrogens is 537 g/mol. The average molecular weight is 566 g/mol. The average Bonchev–Trinajstić information content (AvgIpc) is 2.99. The predicted octanol–water partition coefficient (Wildman–Crippen LogP) is 7.40. The number of fused-ring (bicyclic) bond motifs is 1. The van der Waals surface area contributed by atoms with Gasteiger partial charge >= 0.3 is 13.7 Å². The fourth-order valence-electron chi connectivity index (χ4n) is 4.30. The van der Waals surface area contributed by atoms with Crippen LogP contribution in [0.5, 0.6) is 11.5 Å². The van der Waals surface area contributed by atoms with Crippen molar-refractivity contribution in [2.45, 2.75) is 12.4 Å². The molecule has 1 amide bonds. The molecule has 41 heavy (non-hydrogen) atoms. The van der Waals surface area contributed by atoms with Crippen LogP contribution >= 0.6 is 7.60 Å². The van der Waals surface area contributed by atoms with Crippen LogP contribution in [0.2, 0.25) is 0 Å². The highest BCUT2D eigenvalue weighted by Gasteiger charge is 2.43. The Labute approximate surface area is 237 Å². The highest BCUT2D eigenvalue weighted by atomic mass is 31.2. The molecule has 1 atom stereocenters. The monoisotopic (exact) mass is 565 g/mol. The second kappa shape index (κ2) is 12.4. The van der Waals surface area contributed by atoms with E-state index in [4.69, 9.17) is 24.9 Å². The van der Waals surface area contributed by atoms with Crippen molar-refractivity contribution in [2.75, 3.05) is 0 Å². The van der Waals surface area contributed by atoms with Crippen LogP contribution in [0.3, 0.4) is 0 Å². The number of rotatable bonds is 10. The minimum Gasteiger partial charge on any atom is -0.445 e. The molecular formula is C32H28N3O5P. The predicted molar refractivity (Wildman–Crippen MR) is 159 cm³/mol. The number of hydrogen-bond acceptors (Lipinski definition) is 6. The lowest BCUT2D eigenvalue weighted by Crippen LogP contribution is -2.31. The second-order valence-electron chi connectivity index (χ2n) is 9.15. The number of alkyl carbamates (subject to hydrolysis) is 1. The van der Waals surface area contributed by atoms with Crippen molar-refractivity contribution < 1.29 is 23.1 Å². The topological polar surface area (TPSA) is 124 Å². The van der Waals surface area contributed by atoms with Crippen LogP contribution in [-0.2, 0) is 15.9 Å². The third-order valence-corrected chi connectivity index (χ3v) is 8.23. The molecule has 8 nitrogen and oxygen atoms in total. The van der Waals surface area contributed by atoms with E-state index in [0.717, 1.165) is 10.9 Å².